The fraction of sp³-hybridized carbons (Fsp3) is 1.00. The summed E-state index contributed by atoms with van der Waals surface area (Å²) in [5.41, 5.74) is 0. The molecule has 0 radical (unpaired) electrons. The molecule has 13 heavy (non-hydrogen) atoms. The zero-order valence-corrected chi connectivity index (χ0v) is 9.75. The van der Waals surface area contributed by atoms with E-state index < -0.39 is 0 Å². The van der Waals surface area contributed by atoms with Gasteiger partial charge in [-0.2, -0.15) is 0 Å². The van der Waals surface area contributed by atoms with Crippen LogP contribution >= 0.6 is 0 Å². The molecular formula is C11H24N2. The molecule has 2 heteroatoms. The third kappa shape index (κ3) is 2.68. The van der Waals surface area contributed by atoms with Gasteiger partial charge in [0.1, 0.15) is 0 Å². The van der Waals surface area contributed by atoms with Crippen LogP contribution in [0.4, 0.5) is 0 Å². The van der Waals surface area contributed by atoms with Crippen LogP contribution in [0.25, 0.3) is 0 Å². The van der Waals surface area contributed by atoms with Crippen molar-refractivity contribution in [1.29, 1.82) is 0 Å². The Morgan fingerprint density at radius 2 is 1.69 bits per heavy atom. The molecule has 0 amide bonds. The quantitative estimate of drug-likeness (QED) is 0.644. The second-order valence-corrected chi connectivity index (χ2v) is 4.91. The third-order valence-corrected chi connectivity index (χ3v) is 3.10. The lowest BCUT2D eigenvalue weighted by molar-refractivity contribution is 0.0398. The van der Waals surface area contributed by atoms with Crippen LogP contribution < -0.4 is 0 Å². The van der Waals surface area contributed by atoms with Gasteiger partial charge in [-0.1, -0.05) is 13.8 Å². The lowest BCUT2D eigenvalue weighted by atomic mass is 9.98. The molecule has 0 aliphatic carbocycles. The average molecular weight is 184 g/mol. The van der Waals surface area contributed by atoms with E-state index in [1.54, 1.807) is 0 Å². The number of likely N-dealkylation sites (N-methyl/N-ethyl adjacent to an activating group) is 1. The minimum absolute atomic E-state index is 0.695. The Hall–Kier alpha value is -0.0800. The normalized spacial score (nSPS) is 27.5. The number of hydrogen-bond donors (Lipinski definition) is 0. The second kappa shape index (κ2) is 4.43. The molecule has 0 N–H and O–H groups in total. The maximum Gasteiger partial charge on any atom is 0.0249 e. The van der Waals surface area contributed by atoms with Crippen molar-refractivity contribution in [3.8, 4) is 0 Å². The van der Waals surface area contributed by atoms with Gasteiger partial charge in [-0.3, -0.25) is 4.90 Å². The van der Waals surface area contributed by atoms with Crippen LogP contribution in [0.5, 0.6) is 0 Å². The zero-order valence-electron chi connectivity index (χ0n) is 9.75. The van der Waals surface area contributed by atoms with Gasteiger partial charge in [0.25, 0.3) is 0 Å². The van der Waals surface area contributed by atoms with Crippen LogP contribution in [0.1, 0.15) is 27.7 Å². The predicted octanol–water partition coefficient (Wildman–Crippen LogP) is 1.67. The third-order valence-electron chi connectivity index (χ3n) is 3.10. The summed E-state index contributed by atoms with van der Waals surface area (Å²) in [6, 6.07) is 1.44. The van der Waals surface area contributed by atoms with E-state index in [-0.39, 0.29) is 0 Å². The van der Waals surface area contributed by atoms with Gasteiger partial charge >= 0.3 is 0 Å². The summed E-state index contributed by atoms with van der Waals surface area (Å²) in [5.74, 6) is 0.769. The molecule has 1 unspecified atom stereocenters. The monoisotopic (exact) mass is 184 g/mol. The maximum absolute atomic E-state index is 2.64. The summed E-state index contributed by atoms with van der Waals surface area (Å²) in [6.07, 6.45) is 0. The number of piperazine rings is 1. The Balaban J connectivity index is 2.60. The Morgan fingerprint density at radius 1 is 1.08 bits per heavy atom. The molecule has 0 aromatic rings. The summed E-state index contributed by atoms with van der Waals surface area (Å²) >= 11 is 0. The van der Waals surface area contributed by atoms with Crippen molar-refractivity contribution >= 4 is 0 Å². The Morgan fingerprint density at radius 3 is 2.15 bits per heavy atom. The standard InChI is InChI=1S/C11H24N2/c1-9(2)11-8-12(5)6-7-13(11)10(3)4/h9-11H,6-8H2,1-5H3. The first-order chi connectivity index (χ1) is 6.02. The number of rotatable bonds is 2. The Kier molecular flexibility index (Phi) is 3.74. The first kappa shape index (κ1) is 11.0. The van der Waals surface area contributed by atoms with Gasteiger partial charge in [-0.15, -0.1) is 0 Å². The summed E-state index contributed by atoms with van der Waals surface area (Å²) in [6.45, 7) is 13.0. The van der Waals surface area contributed by atoms with E-state index in [0.29, 0.717) is 6.04 Å². The zero-order chi connectivity index (χ0) is 10.0. The van der Waals surface area contributed by atoms with E-state index >= 15 is 0 Å². The van der Waals surface area contributed by atoms with Gasteiger partial charge < -0.3 is 4.90 Å². The van der Waals surface area contributed by atoms with Crippen molar-refractivity contribution < 1.29 is 0 Å². The van der Waals surface area contributed by atoms with Crippen molar-refractivity contribution in [2.45, 2.75) is 39.8 Å². The molecule has 0 bridgehead atoms. The van der Waals surface area contributed by atoms with Gasteiger partial charge in [0.15, 0.2) is 0 Å². The SMILES string of the molecule is CC(C)C1CN(C)CCN1C(C)C. The fourth-order valence-electron chi connectivity index (χ4n) is 2.20. The lowest BCUT2D eigenvalue weighted by Crippen LogP contribution is -2.56. The molecule has 1 aliphatic rings. The van der Waals surface area contributed by atoms with Crippen LogP contribution in [-0.4, -0.2) is 48.6 Å². The van der Waals surface area contributed by atoms with Crippen molar-refractivity contribution in [3.63, 3.8) is 0 Å². The first-order valence-electron chi connectivity index (χ1n) is 5.46. The molecular weight excluding hydrogens is 160 g/mol. The van der Waals surface area contributed by atoms with Crippen molar-refractivity contribution in [2.75, 3.05) is 26.7 Å². The molecule has 1 heterocycles. The maximum atomic E-state index is 2.64. The van der Waals surface area contributed by atoms with Crippen molar-refractivity contribution in [2.24, 2.45) is 5.92 Å². The van der Waals surface area contributed by atoms with E-state index in [2.05, 4.69) is 44.5 Å². The molecule has 1 aliphatic heterocycles. The van der Waals surface area contributed by atoms with Crippen LogP contribution in [0.15, 0.2) is 0 Å². The van der Waals surface area contributed by atoms with Gasteiger partial charge in [0, 0.05) is 31.7 Å². The minimum Gasteiger partial charge on any atom is -0.304 e. The van der Waals surface area contributed by atoms with Crippen molar-refractivity contribution in [3.05, 3.63) is 0 Å². The van der Waals surface area contributed by atoms with Crippen LogP contribution in [0.2, 0.25) is 0 Å². The van der Waals surface area contributed by atoms with E-state index in [9.17, 15) is 0 Å². The number of hydrogen-bond acceptors (Lipinski definition) is 2. The van der Waals surface area contributed by atoms with Gasteiger partial charge in [-0.25, -0.2) is 0 Å². The van der Waals surface area contributed by atoms with Crippen LogP contribution in [-0.2, 0) is 0 Å². The van der Waals surface area contributed by atoms with Gasteiger partial charge in [-0.05, 0) is 26.8 Å². The Labute approximate surface area is 82.9 Å². The molecule has 2 nitrogen and oxygen atoms in total. The summed E-state index contributed by atoms with van der Waals surface area (Å²) in [7, 11) is 2.23. The molecule has 0 aromatic heterocycles. The molecule has 0 saturated carbocycles. The molecule has 1 rings (SSSR count). The van der Waals surface area contributed by atoms with Crippen LogP contribution in [0, 0.1) is 5.92 Å². The molecule has 1 fully saturated rings. The van der Waals surface area contributed by atoms with Gasteiger partial charge in [0.2, 0.25) is 0 Å². The highest BCUT2D eigenvalue weighted by Gasteiger charge is 2.28. The van der Waals surface area contributed by atoms with E-state index in [1.807, 2.05) is 0 Å². The highest BCUT2D eigenvalue weighted by atomic mass is 15.3. The summed E-state index contributed by atoms with van der Waals surface area (Å²) < 4.78 is 0. The topological polar surface area (TPSA) is 6.48 Å². The van der Waals surface area contributed by atoms with Crippen LogP contribution in [0.3, 0.4) is 0 Å². The lowest BCUT2D eigenvalue weighted by Gasteiger charge is -2.44. The fourth-order valence-corrected chi connectivity index (χ4v) is 2.20. The highest BCUT2D eigenvalue weighted by molar-refractivity contribution is 4.84. The van der Waals surface area contributed by atoms with E-state index in [1.165, 1.54) is 19.6 Å². The largest absolute Gasteiger partial charge is 0.304 e. The minimum atomic E-state index is 0.695. The van der Waals surface area contributed by atoms with E-state index in [0.717, 1.165) is 12.0 Å². The predicted molar refractivity (Wildman–Crippen MR) is 58.0 cm³/mol. The van der Waals surface area contributed by atoms with E-state index in [4.69, 9.17) is 0 Å². The molecule has 1 atom stereocenters. The highest BCUT2D eigenvalue weighted by Crippen LogP contribution is 2.18. The molecule has 0 spiro atoms. The van der Waals surface area contributed by atoms with Crippen molar-refractivity contribution in [1.82, 2.24) is 9.80 Å². The smallest absolute Gasteiger partial charge is 0.0249 e. The second-order valence-electron chi connectivity index (χ2n) is 4.91. The van der Waals surface area contributed by atoms with Gasteiger partial charge in [0.05, 0.1) is 0 Å². The molecule has 78 valence electrons. The first-order valence-corrected chi connectivity index (χ1v) is 5.46. The average Bonchev–Trinajstić information content (AvgIpc) is 2.03. The molecule has 0 aromatic carbocycles. The number of nitrogens with zero attached hydrogens (tertiary/aromatic N) is 2. The Bertz CT molecular complexity index is 154. The molecule has 1 saturated heterocycles. The summed E-state index contributed by atoms with van der Waals surface area (Å²) in [5, 5.41) is 0. The summed E-state index contributed by atoms with van der Waals surface area (Å²) in [4.78, 5) is 5.09.